The van der Waals surface area contributed by atoms with Gasteiger partial charge in [-0.25, -0.2) is 4.98 Å². The fraction of sp³-hybridized carbons (Fsp3) is 0.444. The molecule has 0 aliphatic heterocycles. The molecule has 3 heteroatoms. The van der Waals surface area contributed by atoms with Crippen LogP contribution in [0, 0.1) is 0 Å². The molecule has 0 radical (unpaired) electrons. The molecule has 0 aromatic carbocycles. The van der Waals surface area contributed by atoms with Crippen LogP contribution in [0.2, 0.25) is 0 Å². The minimum absolute atomic E-state index is 0.135. The molecule has 0 aliphatic rings. The van der Waals surface area contributed by atoms with Crippen LogP contribution in [0.25, 0.3) is 0 Å². The van der Waals surface area contributed by atoms with Crippen LogP contribution in [0.1, 0.15) is 31.4 Å². The van der Waals surface area contributed by atoms with Gasteiger partial charge in [-0.15, -0.1) is 0 Å². The lowest BCUT2D eigenvalue weighted by Crippen LogP contribution is -2.09. The lowest BCUT2D eigenvalue weighted by atomic mass is 10.1. The third kappa shape index (κ3) is 2.57. The molecule has 0 bridgehead atoms. The Balaban J connectivity index is 2.68. The molecule has 1 aromatic rings. The number of halogens is 1. The van der Waals surface area contributed by atoms with E-state index in [0.29, 0.717) is 0 Å². The summed E-state index contributed by atoms with van der Waals surface area (Å²) < 4.78 is 0.856. The third-order valence-corrected chi connectivity index (χ3v) is 2.25. The predicted molar refractivity (Wildman–Crippen MR) is 53.8 cm³/mol. The highest BCUT2D eigenvalue weighted by molar-refractivity contribution is 9.10. The molecule has 66 valence electrons. The van der Waals surface area contributed by atoms with Crippen molar-refractivity contribution in [3.8, 4) is 0 Å². The Morgan fingerprint density at radius 3 is 2.83 bits per heavy atom. The number of rotatable bonds is 3. The summed E-state index contributed by atoms with van der Waals surface area (Å²) in [5.41, 5.74) is 7.01. The Hall–Kier alpha value is -0.410. The summed E-state index contributed by atoms with van der Waals surface area (Å²) >= 11 is 3.28. The van der Waals surface area contributed by atoms with E-state index in [4.69, 9.17) is 5.73 Å². The molecule has 1 unspecified atom stereocenters. The van der Waals surface area contributed by atoms with E-state index in [1.807, 2.05) is 18.3 Å². The predicted octanol–water partition coefficient (Wildman–Crippen LogP) is 2.64. The van der Waals surface area contributed by atoms with Crippen molar-refractivity contribution in [3.63, 3.8) is 0 Å². The average molecular weight is 229 g/mol. The largest absolute Gasteiger partial charge is 0.324 e. The molecule has 0 spiro atoms. The van der Waals surface area contributed by atoms with Crippen LogP contribution in [-0.4, -0.2) is 4.98 Å². The van der Waals surface area contributed by atoms with E-state index in [9.17, 15) is 0 Å². The fourth-order valence-electron chi connectivity index (χ4n) is 1.08. The van der Waals surface area contributed by atoms with Crippen LogP contribution in [0.4, 0.5) is 0 Å². The van der Waals surface area contributed by atoms with Crippen molar-refractivity contribution >= 4 is 15.9 Å². The van der Waals surface area contributed by atoms with Crippen LogP contribution in [0.5, 0.6) is 0 Å². The van der Waals surface area contributed by atoms with Crippen molar-refractivity contribution in [2.45, 2.75) is 25.8 Å². The van der Waals surface area contributed by atoms with Gasteiger partial charge in [-0.1, -0.05) is 19.4 Å². The smallest absolute Gasteiger partial charge is 0.106 e. The average Bonchev–Trinajstić information content (AvgIpc) is 2.06. The molecular weight excluding hydrogens is 216 g/mol. The molecule has 1 rings (SSSR count). The molecule has 0 saturated carbocycles. The van der Waals surface area contributed by atoms with E-state index in [-0.39, 0.29) is 6.04 Å². The second-order valence-corrected chi connectivity index (χ2v) is 3.62. The van der Waals surface area contributed by atoms with Crippen LogP contribution in [0.3, 0.4) is 0 Å². The van der Waals surface area contributed by atoms with Gasteiger partial charge in [0.15, 0.2) is 0 Å². The molecule has 0 amide bonds. The molecule has 0 saturated heterocycles. The van der Waals surface area contributed by atoms with Gasteiger partial charge in [0.1, 0.15) is 4.60 Å². The highest BCUT2D eigenvalue weighted by atomic mass is 79.9. The number of hydrogen-bond acceptors (Lipinski definition) is 2. The lowest BCUT2D eigenvalue weighted by molar-refractivity contribution is 0.636. The van der Waals surface area contributed by atoms with Gasteiger partial charge in [-0.3, -0.25) is 0 Å². The maximum Gasteiger partial charge on any atom is 0.106 e. The summed E-state index contributed by atoms with van der Waals surface area (Å²) in [5, 5.41) is 0. The van der Waals surface area contributed by atoms with E-state index in [1.165, 1.54) is 0 Å². The Bertz CT molecular complexity index is 233. The van der Waals surface area contributed by atoms with Gasteiger partial charge in [0.2, 0.25) is 0 Å². The molecular formula is C9H13BrN2. The first-order chi connectivity index (χ1) is 5.74. The first-order valence-corrected chi connectivity index (χ1v) is 4.90. The highest BCUT2D eigenvalue weighted by Crippen LogP contribution is 2.15. The Labute approximate surface area is 81.3 Å². The van der Waals surface area contributed by atoms with Gasteiger partial charge in [-0.2, -0.15) is 0 Å². The molecule has 0 aliphatic carbocycles. The number of pyridine rings is 1. The fourth-order valence-corrected chi connectivity index (χ4v) is 1.32. The zero-order valence-corrected chi connectivity index (χ0v) is 8.71. The molecule has 1 aromatic heterocycles. The summed E-state index contributed by atoms with van der Waals surface area (Å²) in [6.07, 6.45) is 3.95. The van der Waals surface area contributed by atoms with Crippen molar-refractivity contribution in [2.75, 3.05) is 0 Å². The number of nitrogens with two attached hydrogens (primary N) is 1. The van der Waals surface area contributed by atoms with Gasteiger partial charge in [0.25, 0.3) is 0 Å². The van der Waals surface area contributed by atoms with Crippen molar-refractivity contribution in [3.05, 3.63) is 28.5 Å². The van der Waals surface area contributed by atoms with E-state index >= 15 is 0 Å². The van der Waals surface area contributed by atoms with Crippen LogP contribution in [0.15, 0.2) is 22.9 Å². The second kappa shape index (κ2) is 4.58. The Kier molecular flexibility index (Phi) is 3.69. The van der Waals surface area contributed by atoms with Crippen molar-refractivity contribution in [1.82, 2.24) is 4.98 Å². The van der Waals surface area contributed by atoms with Gasteiger partial charge in [-0.05, 0) is 34.0 Å². The number of hydrogen-bond donors (Lipinski definition) is 1. The molecule has 0 fully saturated rings. The van der Waals surface area contributed by atoms with Crippen molar-refractivity contribution < 1.29 is 0 Å². The van der Waals surface area contributed by atoms with E-state index in [0.717, 1.165) is 23.0 Å². The maximum atomic E-state index is 5.90. The highest BCUT2D eigenvalue weighted by Gasteiger charge is 2.03. The van der Waals surface area contributed by atoms with Gasteiger partial charge in [0.05, 0.1) is 0 Å². The minimum atomic E-state index is 0.135. The van der Waals surface area contributed by atoms with Crippen LogP contribution >= 0.6 is 15.9 Å². The molecule has 2 nitrogen and oxygen atoms in total. The zero-order valence-electron chi connectivity index (χ0n) is 7.13. The van der Waals surface area contributed by atoms with Crippen molar-refractivity contribution in [1.29, 1.82) is 0 Å². The van der Waals surface area contributed by atoms with Crippen LogP contribution in [-0.2, 0) is 0 Å². The quantitative estimate of drug-likeness (QED) is 0.809. The summed E-state index contributed by atoms with van der Waals surface area (Å²) in [6.45, 7) is 2.13. The second-order valence-electron chi connectivity index (χ2n) is 2.81. The first-order valence-electron chi connectivity index (χ1n) is 4.11. The van der Waals surface area contributed by atoms with Crippen LogP contribution < -0.4 is 5.73 Å². The van der Waals surface area contributed by atoms with Gasteiger partial charge < -0.3 is 5.73 Å². The number of nitrogens with zero attached hydrogens (tertiary/aromatic N) is 1. The zero-order chi connectivity index (χ0) is 8.97. The topological polar surface area (TPSA) is 38.9 Å². The van der Waals surface area contributed by atoms with E-state index in [1.54, 1.807) is 0 Å². The lowest BCUT2D eigenvalue weighted by Gasteiger charge is -2.09. The third-order valence-electron chi connectivity index (χ3n) is 1.78. The molecule has 12 heavy (non-hydrogen) atoms. The summed E-state index contributed by atoms with van der Waals surface area (Å²) in [4.78, 5) is 4.12. The number of aromatic nitrogens is 1. The standard InChI is InChI=1S/C9H13BrN2/c1-2-3-8(11)7-4-5-9(10)12-6-7/h4-6,8H,2-3,11H2,1H3. The van der Waals surface area contributed by atoms with Gasteiger partial charge >= 0.3 is 0 Å². The molecule has 1 heterocycles. The first kappa shape index (κ1) is 9.68. The minimum Gasteiger partial charge on any atom is -0.324 e. The van der Waals surface area contributed by atoms with E-state index in [2.05, 4.69) is 27.8 Å². The SMILES string of the molecule is CCCC(N)c1ccc(Br)nc1. The Morgan fingerprint density at radius 2 is 2.33 bits per heavy atom. The van der Waals surface area contributed by atoms with E-state index < -0.39 is 0 Å². The summed E-state index contributed by atoms with van der Waals surface area (Å²) in [6, 6.07) is 4.07. The summed E-state index contributed by atoms with van der Waals surface area (Å²) in [5.74, 6) is 0. The molecule has 1 atom stereocenters. The Morgan fingerprint density at radius 1 is 1.58 bits per heavy atom. The normalized spacial score (nSPS) is 12.9. The monoisotopic (exact) mass is 228 g/mol. The summed E-state index contributed by atoms with van der Waals surface area (Å²) in [7, 11) is 0. The van der Waals surface area contributed by atoms with Gasteiger partial charge in [0, 0.05) is 12.2 Å². The molecule has 2 N–H and O–H groups in total. The van der Waals surface area contributed by atoms with Crippen molar-refractivity contribution in [2.24, 2.45) is 5.73 Å². The maximum absolute atomic E-state index is 5.90.